The van der Waals surface area contributed by atoms with Gasteiger partial charge in [-0.1, -0.05) is 43.7 Å². The SMILES string of the molecule is C#CC(CC)(CC)NC(=O)CSc1nc(NC)c2ccccc2n1. The Labute approximate surface area is 147 Å². The summed E-state index contributed by atoms with van der Waals surface area (Å²) in [6.07, 6.45) is 6.98. The predicted molar refractivity (Wildman–Crippen MR) is 100 cm³/mol. The van der Waals surface area contributed by atoms with Crippen LogP contribution < -0.4 is 10.6 Å². The predicted octanol–water partition coefficient (Wildman–Crippen LogP) is 3.07. The number of terminal acetylenes is 1. The molecule has 24 heavy (non-hydrogen) atoms. The van der Waals surface area contributed by atoms with Gasteiger partial charge in [0.1, 0.15) is 11.4 Å². The lowest BCUT2D eigenvalue weighted by atomic mass is 9.94. The van der Waals surface area contributed by atoms with Crippen molar-refractivity contribution in [1.29, 1.82) is 0 Å². The number of nitrogens with zero attached hydrogens (tertiary/aromatic N) is 2. The van der Waals surface area contributed by atoms with E-state index in [1.54, 1.807) is 0 Å². The Morgan fingerprint density at radius 2 is 2.00 bits per heavy atom. The molecule has 0 fully saturated rings. The van der Waals surface area contributed by atoms with Crippen LogP contribution in [0.4, 0.5) is 5.82 Å². The molecule has 2 rings (SSSR count). The summed E-state index contributed by atoms with van der Waals surface area (Å²) in [5.74, 6) is 3.58. The van der Waals surface area contributed by atoms with Crippen LogP contribution in [-0.2, 0) is 4.79 Å². The average molecular weight is 342 g/mol. The molecule has 2 aromatic rings. The standard InChI is InChI=1S/C18H22N4OS/c1-5-18(6-2,7-3)22-15(23)12-24-17-20-14-11-9-8-10-13(14)16(19-4)21-17/h1,8-11H,6-7,12H2,2-4H3,(H,22,23)(H,19,20,21). The number of benzene rings is 1. The maximum Gasteiger partial charge on any atom is 0.231 e. The maximum absolute atomic E-state index is 12.2. The van der Waals surface area contributed by atoms with Gasteiger partial charge in [-0.15, -0.1) is 6.42 Å². The number of carbonyl (C=O) groups excluding carboxylic acids is 1. The Morgan fingerprint density at radius 3 is 2.62 bits per heavy atom. The van der Waals surface area contributed by atoms with Gasteiger partial charge < -0.3 is 10.6 Å². The van der Waals surface area contributed by atoms with Crippen LogP contribution in [-0.4, -0.2) is 34.2 Å². The summed E-state index contributed by atoms with van der Waals surface area (Å²) in [6, 6.07) is 7.77. The van der Waals surface area contributed by atoms with E-state index >= 15 is 0 Å². The van der Waals surface area contributed by atoms with Gasteiger partial charge in [0.05, 0.1) is 11.3 Å². The zero-order valence-electron chi connectivity index (χ0n) is 14.2. The number of anilines is 1. The largest absolute Gasteiger partial charge is 0.372 e. The van der Waals surface area contributed by atoms with Gasteiger partial charge in [-0.2, -0.15) is 0 Å². The van der Waals surface area contributed by atoms with Crippen LogP contribution in [0.5, 0.6) is 0 Å². The van der Waals surface area contributed by atoms with Crippen LogP contribution >= 0.6 is 11.8 Å². The summed E-state index contributed by atoms with van der Waals surface area (Å²) in [7, 11) is 1.82. The molecule has 2 N–H and O–H groups in total. The molecule has 0 unspecified atom stereocenters. The lowest BCUT2D eigenvalue weighted by Crippen LogP contribution is -2.47. The van der Waals surface area contributed by atoms with E-state index in [9.17, 15) is 4.79 Å². The monoisotopic (exact) mass is 342 g/mol. The summed E-state index contributed by atoms with van der Waals surface area (Å²) < 4.78 is 0. The Morgan fingerprint density at radius 1 is 1.29 bits per heavy atom. The van der Waals surface area contributed by atoms with Crippen molar-refractivity contribution in [2.24, 2.45) is 0 Å². The van der Waals surface area contributed by atoms with E-state index in [4.69, 9.17) is 6.42 Å². The summed E-state index contributed by atoms with van der Waals surface area (Å²) in [5, 5.41) is 7.54. The molecule has 1 amide bonds. The molecule has 0 aliphatic carbocycles. The Hall–Kier alpha value is -2.26. The van der Waals surface area contributed by atoms with E-state index < -0.39 is 5.54 Å². The first kappa shape index (κ1) is 18.1. The van der Waals surface area contributed by atoms with Crippen molar-refractivity contribution < 1.29 is 4.79 Å². The van der Waals surface area contributed by atoms with Gasteiger partial charge in [-0.05, 0) is 25.0 Å². The normalized spacial score (nSPS) is 11.1. The Balaban J connectivity index is 2.11. The van der Waals surface area contributed by atoms with E-state index in [-0.39, 0.29) is 11.7 Å². The molecule has 0 saturated heterocycles. The van der Waals surface area contributed by atoms with E-state index in [2.05, 4.69) is 26.5 Å². The van der Waals surface area contributed by atoms with Crippen molar-refractivity contribution in [3.8, 4) is 12.3 Å². The highest BCUT2D eigenvalue weighted by Gasteiger charge is 2.25. The zero-order valence-corrected chi connectivity index (χ0v) is 15.0. The van der Waals surface area contributed by atoms with Gasteiger partial charge in [0, 0.05) is 12.4 Å². The summed E-state index contributed by atoms with van der Waals surface area (Å²) in [5.41, 5.74) is 0.276. The number of para-hydroxylation sites is 1. The second kappa shape index (κ2) is 8.02. The van der Waals surface area contributed by atoms with Crippen LogP contribution in [0, 0.1) is 12.3 Å². The van der Waals surface area contributed by atoms with Crippen molar-refractivity contribution >= 4 is 34.4 Å². The third-order valence-corrected chi connectivity index (χ3v) is 4.86. The number of aromatic nitrogens is 2. The quantitative estimate of drug-likeness (QED) is 0.460. The molecule has 0 aliphatic rings. The number of fused-ring (bicyclic) bond motifs is 1. The fraction of sp³-hybridized carbons (Fsp3) is 0.389. The number of hydrogen-bond donors (Lipinski definition) is 2. The second-order valence-electron chi connectivity index (χ2n) is 5.39. The number of thioether (sulfide) groups is 1. The van der Waals surface area contributed by atoms with Crippen molar-refractivity contribution in [1.82, 2.24) is 15.3 Å². The minimum absolute atomic E-state index is 0.107. The van der Waals surface area contributed by atoms with Gasteiger partial charge in [-0.25, -0.2) is 9.97 Å². The topological polar surface area (TPSA) is 66.9 Å². The number of hydrogen-bond acceptors (Lipinski definition) is 5. The fourth-order valence-electron chi connectivity index (χ4n) is 2.41. The number of amides is 1. The van der Waals surface area contributed by atoms with E-state index in [1.165, 1.54) is 11.8 Å². The van der Waals surface area contributed by atoms with Crippen molar-refractivity contribution in [3.05, 3.63) is 24.3 Å². The van der Waals surface area contributed by atoms with Gasteiger partial charge in [0.25, 0.3) is 0 Å². The fourth-order valence-corrected chi connectivity index (χ4v) is 3.06. The van der Waals surface area contributed by atoms with Crippen molar-refractivity contribution in [2.45, 2.75) is 37.4 Å². The summed E-state index contributed by atoms with van der Waals surface area (Å²) in [4.78, 5) is 21.2. The number of rotatable bonds is 7. The minimum atomic E-state index is -0.571. The molecular weight excluding hydrogens is 320 g/mol. The first-order chi connectivity index (χ1) is 11.6. The van der Waals surface area contributed by atoms with E-state index in [1.807, 2.05) is 45.2 Å². The molecule has 6 heteroatoms. The molecule has 0 aliphatic heterocycles. The molecule has 1 aromatic carbocycles. The first-order valence-electron chi connectivity index (χ1n) is 7.93. The lowest BCUT2D eigenvalue weighted by molar-refractivity contribution is -0.119. The highest BCUT2D eigenvalue weighted by Crippen LogP contribution is 2.24. The number of nitrogens with one attached hydrogen (secondary N) is 2. The molecule has 0 bridgehead atoms. The molecule has 0 saturated carbocycles. The molecule has 0 radical (unpaired) electrons. The van der Waals surface area contributed by atoms with Crippen LogP contribution in [0.1, 0.15) is 26.7 Å². The van der Waals surface area contributed by atoms with Crippen LogP contribution in [0.25, 0.3) is 10.9 Å². The minimum Gasteiger partial charge on any atom is -0.372 e. The second-order valence-corrected chi connectivity index (χ2v) is 6.33. The summed E-state index contributed by atoms with van der Waals surface area (Å²) >= 11 is 1.30. The van der Waals surface area contributed by atoms with Crippen LogP contribution in [0.2, 0.25) is 0 Å². The van der Waals surface area contributed by atoms with Crippen LogP contribution in [0.15, 0.2) is 29.4 Å². The molecule has 5 nitrogen and oxygen atoms in total. The van der Waals surface area contributed by atoms with Gasteiger partial charge in [0.15, 0.2) is 5.16 Å². The van der Waals surface area contributed by atoms with Gasteiger partial charge in [-0.3, -0.25) is 4.79 Å². The van der Waals surface area contributed by atoms with Crippen molar-refractivity contribution in [2.75, 3.05) is 18.1 Å². The molecule has 1 aromatic heterocycles. The molecule has 126 valence electrons. The average Bonchev–Trinajstić information content (AvgIpc) is 2.63. The molecular formula is C18H22N4OS. The third-order valence-electron chi connectivity index (χ3n) is 4.01. The third kappa shape index (κ3) is 3.98. The van der Waals surface area contributed by atoms with Crippen molar-refractivity contribution in [3.63, 3.8) is 0 Å². The highest BCUT2D eigenvalue weighted by molar-refractivity contribution is 7.99. The van der Waals surface area contributed by atoms with Gasteiger partial charge in [0.2, 0.25) is 5.91 Å². The first-order valence-corrected chi connectivity index (χ1v) is 8.92. The zero-order chi connectivity index (χ0) is 17.6. The van der Waals surface area contributed by atoms with E-state index in [0.717, 1.165) is 16.7 Å². The Kier molecular flexibility index (Phi) is 6.04. The van der Waals surface area contributed by atoms with E-state index in [0.29, 0.717) is 18.0 Å². The molecule has 0 atom stereocenters. The van der Waals surface area contributed by atoms with Gasteiger partial charge >= 0.3 is 0 Å². The van der Waals surface area contributed by atoms with Crippen LogP contribution in [0.3, 0.4) is 0 Å². The highest BCUT2D eigenvalue weighted by atomic mass is 32.2. The number of carbonyl (C=O) groups is 1. The molecule has 0 spiro atoms. The Bertz CT molecular complexity index is 765. The summed E-state index contributed by atoms with van der Waals surface area (Å²) in [6.45, 7) is 3.95. The maximum atomic E-state index is 12.2. The smallest absolute Gasteiger partial charge is 0.231 e. The molecule has 1 heterocycles. The lowest BCUT2D eigenvalue weighted by Gasteiger charge is -2.26.